The van der Waals surface area contributed by atoms with Gasteiger partial charge in [0.05, 0.1) is 23.7 Å². The highest BCUT2D eigenvalue weighted by atomic mass is 16.6. The summed E-state index contributed by atoms with van der Waals surface area (Å²) in [6, 6.07) is 5.79. The molecular formula is C30H40N4O5. The number of carbonyl (C=O) groups is 3. The van der Waals surface area contributed by atoms with Crippen molar-refractivity contribution < 1.29 is 24.2 Å². The minimum absolute atomic E-state index is 0.0708. The summed E-state index contributed by atoms with van der Waals surface area (Å²) in [5, 5.41) is 18.6. The van der Waals surface area contributed by atoms with Crippen LogP contribution in [-0.4, -0.2) is 88.2 Å². The molecule has 1 amide bonds. The third-order valence-electron chi connectivity index (χ3n) is 8.02. The highest BCUT2D eigenvalue weighted by Crippen LogP contribution is 2.30. The molecule has 0 saturated carbocycles. The number of hydrogen-bond donors (Lipinski definition) is 2. The van der Waals surface area contributed by atoms with Crippen LogP contribution in [0.3, 0.4) is 0 Å². The number of likely N-dealkylation sites (N-methyl/N-ethyl adjacent to an activating group) is 1. The van der Waals surface area contributed by atoms with Crippen molar-refractivity contribution in [1.29, 1.82) is 0 Å². The Bertz CT molecular complexity index is 1240. The summed E-state index contributed by atoms with van der Waals surface area (Å²) >= 11 is 0. The summed E-state index contributed by atoms with van der Waals surface area (Å²) < 4.78 is 5.97. The number of piperazine rings is 1. The second kappa shape index (κ2) is 12.7. The first-order valence-corrected chi connectivity index (χ1v) is 13.8. The summed E-state index contributed by atoms with van der Waals surface area (Å²) in [4.78, 5) is 43.3. The highest BCUT2D eigenvalue weighted by molar-refractivity contribution is 6.38. The quantitative estimate of drug-likeness (QED) is 0.452. The van der Waals surface area contributed by atoms with Crippen LogP contribution >= 0.6 is 0 Å². The number of benzene rings is 1. The number of hydrogen-bond acceptors (Lipinski definition) is 7. The lowest BCUT2D eigenvalue weighted by atomic mass is 9.79. The number of allylic oxidation sites excluding steroid dienone is 2. The van der Waals surface area contributed by atoms with Gasteiger partial charge in [0.15, 0.2) is 0 Å². The van der Waals surface area contributed by atoms with Gasteiger partial charge in [0.25, 0.3) is 0 Å². The molecule has 1 saturated heterocycles. The van der Waals surface area contributed by atoms with Gasteiger partial charge in [-0.25, -0.2) is 4.79 Å². The molecule has 1 fully saturated rings. The van der Waals surface area contributed by atoms with Crippen molar-refractivity contribution in [2.45, 2.75) is 52.2 Å². The molecule has 0 radical (unpaired) electrons. The lowest BCUT2D eigenvalue weighted by Gasteiger charge is -2.33. The van der Waals surface area contributed by atoms with Gasteiger partial charge in [-0.15, -0.1) is 0 Å². The Morgan fingerprint density at radius 2 is 1.87 bits per heavy atom. The molecule has 2 N–H and O–H groups in total. The Balaban J connectivity index is 1.62. The third kappa shape index (κ3) is 7.02. The predicted molar refractivity (Wildman–Crippen MR) is 150 cm³/mol. The molecule has 210 valence electrons. The molecule has 2 aromatic rings. The second-order valence-corrected chi connectivity index (χ2v) is 11.1. The third-order valence-corrected chi connectivity index (χ3v) is 8.02. The van der Waals surface area contributed by atoms with E-state index in [2.05, 4.69) is 15.1 Å². The number of ether oxygens (including phenoxy) is 1. The number of aliphatic hydroxyl groups is 1. The summed E-state index contributed by atoms with van der Waals surface area (Å²) in [7, 11) is 2.03. The van der Waals surface area contributed by atoms with Gasteiger partial charge in [0.2, 0.25) is 11.6 Å². The number of ketones is 2. The monoisotopic (exact) mass is 536 g/mol. The van der Waals surface area contributed by atoms with Crippen molar-refractivity contribution in [3.63, 3.8) is 0 Å². The molecule has 1 aliphatic heterocycles. The Hall–Kier alpha value is -3.30. The zero-order valence-corrected chi connectivity index (χ0v) is 23.3. The van der Waals surface area contributed by atoms with Crippen molar-refractivity contribution in [3.8, 4) is 0 Å². The standard InChI is InChI=1S/C30H40N4O5/c1-19-8-10-23(35)17-26(36)29(37)28(21(3)16-22-6-5-7-25-24(22)18-31-32-25)20(2)9-11-27(19)39-30(38)34-14-12-33(4)13-15-34/h5-7,9,11,16,18-20,23,27-28,35H,8,10,12-15,17H2,1-4H3,(H,31,32)/b11-9+,21-16+/t19-,20-,23+,27-,28-/m0/s1. The molecule has 1 aliphatic carbocycles. The van der Waals surface area contributed by atoms with Crippen LogP contribution < -0.4 is 0 Å². The van der Waals surface area contributed by atoms with E-state index in [1.54, 1.807) is 11.1 Å². The number of nitrogens with one attached hydrogen (secondary N) is 1. The lowest BCUT2D eigenvalue weighted by molar-refractivity contribution is -0.140. The summed E-state index contributed by atoms with van der Waals surface area (Å²) in [5.74, 6) is -2.20. The van der Waals surface area contributed by atoms with E-state index >= 15 is 0 Å². The van der Waals surface area contributed by atoms with Crippen LogP contribution in [-0.2, 0) is 14.3 Å². The van der Waals surface area contributed by atoms with Gasteiger partial charge in [-0.3, -0.25) is 14.7 Å². The van der Waals surface area contributed by atoms with Crippen LogP contribution in [0.25, 0.3) is 17.0 Å². The Kier molecular flexibility index (Phi) is 9.35. The smallest absolute Gasteiger partial charge is 0.410 e. The van der Waals surface area contributed by atoms with E-state index in [-0.39, 0.29) is 24.3 Å². The fourth-order valence-electron chi connectivity index (χ4n) is 5.44. The van der Waals surface area contributed by atoms with E-state index in [0.717, 1.165) is 35.1 Å². The van der Waals surface area contributed by atoms with Crippen LogP contribution in [0.2, 0.25) is 0 Å². The van der Waals surface area contributed by atoms with Gasteiger partial charge in [0.1, 0.15) is 6.10 Å². The van der Waals surface area contributed by atoms with Gasteiger partial charge in [-0.05, 0) is 56.4 Å². The molecule has 4 rings (SSSR count). The molecule has 0 unspecified atom stereocenters. The average Bonchev–Trinajstić information content (AvgIpc) is 3.39. The molecule has 9 nitrogen and oxygen atoms in total. The Labute approximate surface area is 229 Å². The molecule has 0 spiro atoms. The van der Waals surface area contributed by atoms with Gasteiger partial charge >= 0.3 is 6.09 Å². The van der Waals surface area contributed by atoms with Gasteiger partial charge in [-0.1, -0.05) is 43.7 Å². The van der Waals surface area contributed by atoms with Crippen LogP contribution in [0.4, 0.5) is 4.79 Å². The van der Waals surface area contributed by atoms with Crippen molar-refractivity contribution in [1.82, 2.24) is 20.0 Å². The van der Waals surface area contributed by atoms with Gasteiger partial charge in [-0.2, -0.15) is 5.10 Å². The molecule has 1 aromatic heterocycles. The number of Topliss-reactive ketones (excluding diaryl/α,β-unsaturated/α-hetero) is 2. The number of aromatic nitrogens is 2. The normalized spacial score (nSPS) is 29.1. The number of H-pyrrole nitrogens is 1. The van der Waals surface area contributed by atoms with Crippen LogP contribution in [0.1, 0.15) is 45.6 Å². The molecule has 2 aliphatic rings. The molecule has 0 bridgehead atoms. The minimum Gasteiger partial charge on any atom is -0.442 e. The second-order valence-electron chi connectivity index (χ2n) is 11.1. The minimum atomic E-state index is -0.929. The van der Waals surface area contributed by atoms with Gasteiger partial charge in [0, 0.05) is 38.0 Å². The number of aromatic amines is 1. The number of carbonyl (C=O) groups excluding carboxylic acids is 3. The molecule has 9 heteroatoms. The number of fused-ring (bicyclic) bond motifs is 1. The van der Waals surface area contributed by atoms with E-state index in [4.69, 9.17) is 4.74 Å². The topological polar surface area (TPSA) is 116 Å². The highest BCUT2D eigenvalue weighted by Gasteiger charge is 2.33. The van der Waals surface area contributed by atoms with E-state index in [1.165, 1.54) is 0 Å². The maximum Gasteiger partial charge on any atom is 0.410 e. The van der Waals surface area contributed by atoms with E-state index < -0.39 is 29.7 Å². The number of amides is 1. The SMILES string of the molecule is C/C(=C\c1cccc2[nH]ncc12)[C@H]1C(=O)C(=O)C[C@H](O)CC[C@H](C)[C@@H](OC(=O)N2CCN(C)CC2)/C=C/[C@@H]1C. The van der Waals surface area contributed by atoms with Crippen molar-refractivity contribution in [2.24, 2.45) is 17.8 Å². The number of aliphatic hydroxyl groups excluding tert-OH is 1. The van der Waals surface area contributed by atoms with Crippen LogP contribution in [0.15, 0.2) is 42.1 Å². The Morgan fingerprint density at radius 3 is 2.62 bits per heavy atom. The fraction of sp³-hybridized carbons (Fsp3) is 0.533. The largest absolute Gasteiger partial charge is 0.442 e. The molecule has 5 atom stereocenters. The zero-order chi connectivity index (χ0) is 28.1. The van der Waals surface area contributed by atoms with Gasteiger partial charge < -0.3 is 19.6 Å². The number of nitrogens with zero attached hydrogens (tertiary/aromatic N) is 3. The maximum atomic E-state index is 13.5. The van der Waals surface area contributed by atoms with Crippen molar-refractivity contribution >= 4 is 34.6 Å². The summed E-state index contributed by atoms with van der Waals surface area (Å²) in [6.07, 6.45) is 6.30. The first-order chi connectivity index (χ1) is 18.6. The maximum absolute atomic E-state index is 13.5. The average molecular weight is 537 g/mol. The summed E-state index contributed by atoms with van der Waals surface area (Å²) in [5.41, 5.74) is 2.52. The van der Waals surface area contributed by atoms with E-state index in [9.17, 15) is 19.5 Å². The lowest BCUT2D eigenvalue weighted by Crippen LogP contribution is -2.48. The first kappa shape index (κ1) is 28.7. The van der Waals surface area contributed by atoms with E-state index in [1.807, 2.05) is 64.2 Å². The molecule has 1 aromatic carbocycles. The van der Waals surface area contributed by atoms with Crippen LogP contribution in [0, 0.1) is 17.8 Å². The Morgan fingerprint density at radius 1 is 1.13 bits per heavy atom. The molecule has 39 heavy (non-hydrogen) atoms. The fourth-order valence-corrected chi connectivity index (χ4v) is 5.44. The molecule has 2 heterocycles. The number of rotatable bonds is 3. The van der Waals surface area contributed by atoms with Crippen LogP contribution in [0.5, 0.6) is 0 Å². The van der Waals surface area contributed by atoms with Crippen molar-refractivity contribution in [3.05, 3.63) is 47.7 Å². The first-order valence-electron chi connectivity index (χ1n) is 13.8. The molecular weight excluding hydrogens is 496 g/mol. The zero-order valence-electron chi connectivity index (χ0n) is 23.3. The van der Waals surface area contributed by atoms with E-state index in [0.29, 0.717) is 25.9 Å². The van der Waals surface area contributed by atoms with Crippen molar-refractivity contribution in [2.75, 3.05) is 33.2 Å². The summed E-state index contributed by atoms with van der Waals surface area (Å²) in [6.45, 7) is 8.55. The predicted octanol–water partition coefficient (Wildman–Crippen LogP) is 3.85.